The molecule has 162 valence electrons. The average molecular weight is 416 g/mol. The lowest BCUT2D eigenvalue weighted by atomic mass is 9.75. The first kappa shape index (κ1) is 21.6. The Morgan fingerprint density at radius 2 is 2.07 bits per heavy atom. The van der Waals surface area contributed by atoms with E-state index in [4.69, 9.17) is 9.90 Å². The SMILES string of the molecule is CC(C)n1cnc(C2CNCC23CCN(CC2CC2)C3=O)c1.O=C(O)C(F)(F)F. The average Bonchev–Trinajstić information content (AvgIpc) is 3.05. The van der Waals surface area contributed by atoms with Gasteiger partial charge in [0.1, 0.15) is 0 Å². The molecule has 3 fully saturated rings. The number of nitrogens with zero attached hydrogens (tertiary/aromatic N) is 3. The van der Waals surface area contributed by atoms with E-state index in [2.05, 4.69) is 39.8 Å². The molecule has 3 aliphatic rings. The lowest BCUT2D eigenvalue weighted by Crippen LogP contribution is -2.40. The molecule has 3 heterocycles. The Morgan fingerprint density at radius 3 is 2.59 bits per heavy atom. The molecule has 2 atom stereocenters. The Kier molecular flexibility index (Phi) is 5.93. The third kappa shape index (κ3) is 4.57. The van der Waals surface area contributed by atoms with Gasteiger partial charge in [0.15, 0.2) is 0 Å². The highest BCUT2D eigenvalue weighted by molar-refractivity contribution is 5.86. The van der Waals surface area contributed by atoms with Crippen molar-refractivity contribution in [1.82, 2.24) is 19.8 Å². The molecule has 2 aliphatic heterocycles. The van der Waals surface area contributed by atoms with E-state index in [9.17, 15) is 18.0 Å². The summed E-state index contributed by atoms with van der Waals surface area (Å²) in [5, 5.41) is 10.6. The number of likely N-dealkylation sites (tertiary alicyclic amines) is 1. The second-order valence-electron chi connectivity index (χ2n) is 8.43. The Morgan fingerprint density at radius 1 is 1.41 bits per heavy atom. The fourth-order valence-corrected chi connectivity index (χ4v) is 4.09. The summed E-state index contributed by atoms with van der Waals surface area (Å²) in [5.74, 6) is -1.39. The number of rotatable bonds is 4. The van der Waals surface area contributed by atoms with Gasteiger partial charge in [-0.1, -0.05) is 0 Å². The van der Waals surface area contributed by atoms with Gasteiger partial charge in [-0.25, -0.2) is 9.78 Å². The van der Waals surface area contributed by atoms with Crippen LogP contribution < -0.4 is 5.32 Å². The Labute approximate surface area is 167 Å². The first-order chi connectivity index (χ1) is 13.5. The van der Waals surface area contributed by atoms with E-state index in [1.165, 1.54) is 12.8 Å². The van der Waals surface area contributed by atoms with E-state index in [1.807, 2.05) is 6.33 Å². The fourth-order valence-electron chi connectivity index (χ4n) is 4.09. The molecule has 4 rings (SSSR count). The highest BCUT2D eigenvalue weighted by atomic mass is 19.4. The number of amides is 1. The number of halogens is 3. The number of alkyl halides is 3. The summed E-state index contributed by atoms with van der Waals surface area (Å²) in [5.41, 5.74) is 0.839. The molecule has 1 aliphatic carbocycles. The number of aliphatic carboxylic acids is 1. The highest BCUT2D eigenvalue weighted by Crippen LogP contribution is 2.47. The summed E-state index contributed by atoms with van der Waals surface area (Å²) >= 11 is 0. The number of carboxylic acids is 1. The summed E-state index contributed by atoms with van der Waals surface area (Å²) in [6, 6.07) is 0.414. The number of hydrogen-bond donors (Lipinski definition) is 2. The maximum Gasteiger partial charge on any atom is 0.490 e. The van der Waals surface area contributed by atoms with Crippen molar-refractivity contribution < 1.29 is 27.9 Å². The maximum atomic E-state index is 13.1. The molecular weight excluding hydrogens is 389 g/mol. The van der Waals surface area contributed by atoms with Gasteiger partial charge in [-0.3, -0.25) is 4.79 Å². The van der Waals surface area contributed by atoms with Crippen LogP contribution in [0.2, 0.25) is 0 Å². The van der Waals surface area contributed by atoms with Crippen molar-refractivity contribution >= 4 is 11.9 Å². The van der Waals surface area contributed by atoms with Crippen LogP contribution in [-0.4, -0.2) is 63.8 Å². The van der Waals surface area contributed by atoms with Gasteiger partial charge in [0.05, 0.1) is 17.4 Å². The van der Waals surface area contributed by atoms with E-state index in [1.54, 1.807) is 0 Å². The van der Waals surface area contributed by atoms with E-state index >= 15 is 0 Å². The predicted molar refractivity (Wildman–Crippen MR) is 98.3 cm³/mol. The first-order valence-electron chi connectivity index (χ1n) is 9.88. The van der Waals surface area contributed by atoms with Crippen LogP contribution in [0.1, 0.15) is 50.8 Å². The second kappa shape index (κ2) is 7.97. The fraction of sp³-hybridized carbons (Fsp3) is 0.737. The van der Waals surface area contributed by atoms with Gasteiger partial charge in [0.2, 0.25) is 5.91 Å². The number of carboxylic acid groups (broad SMARTS) is 1. The van der Waals surface area contributed by atoms with Gasteiger partial charge in [-0.2, -0.15) is 13.2 Å². The molecule has 0 bridgehead atoms. The largest absolute Gasteiger partial charge is 0.490 e. The van der Waals surface area contributed by atoms with Gasteiger partial charge >= 0.3 is 12.1 Å². The van der Waals surface area contributed by atoms with Crippen LogP contribution in [0.3, 0.4) is 0 Å². The van der Waals surface area contributed by atoms with Crippen LogP contribution >= 0.6 is 0 Å². The molecule has 1 aromatic rings. The zero-order valence-electron chi connectivity index (χ0n) is 16.6. The number of hydrogen-bond acceptors (Lipinski definition) is 4. The molecule has 1 saturated carbocycles. The molecule has 2 saturated heterocycles. The Balaban J connectivity index is 0.000000298. The van der Waals surface area contributed by atoms with Crippen molar-refractivity contribution in [3.63, 3.8) is 0 Å². The predicted octanol–water partition coefficient (Wildman–Crippen LogP) is 2.41. The van der Waals surface area contributed by atoms with Gasteiger partial charge in [-0.15, -0.1) is 0 Å². The van der Waals surface area contributed by atoms with Crippen molar-refractivity contribution in [2.45, 2.75) is 51.2 Å². The Bertz CT molecular complexity index is 760. The van der Waals surface area contributed by atoms with E-state index in [0.717, 1.165) is 44.2 Å². The molecule has 1 amide bonds. The van der Waals surface area contributed by atoms with Crippen LogP contribution in [-0.2, 0) is 9.59 Å². The number of imidazole rings is 1. The van der Waals surface area contributed by atoms with Gasteiger partial charge in [0, 0.05) is 44.3 Å². The molecule has 1 spiro atoms. The lowest BCUT2D eigenvalue weighted by Gasteiger charge is -2.28. The molecule has 2 N–H and O–H groups in total. The number of aromatic nitrogens is 2. The van der Waals surface area contributed by atoms with Crippen molar-refractivity contribution in [3.05, 3.63) is 18.2 Å². The minimum Gasteiger partial charge on any atom is -0.475 e. The van der Waals surface area contributed by atoms with Gasteiger partial charge in [0.25, 0.3) is 0 Å². The Hall–Kier alpha value is -2.10. The standard InChI is InChI=1S/C17H26N4O.C2HF3O2/c1-12(2)21-9-15(19-11-21)14-7-18-10-17(14)5-6-20(16(17)22)8-13-3-4-13;3-2(4,5)1(6)7/h9,11-14,18H,3-8,10H2,1-2H3;(H,6,7). The molecule has 0 radical (unpaired) electrons. The molecule has 29 heavy (non-hydrogen) atoms. The number of carbonyl (C=O) groups is 2. The van der Waals surface area contributed by atoms with Crippen molar-refractivity contribution in [2.75, 3.05) is 26.2 Å². The van der Waals surface area contributed by atoms with E-state index < -0.39 is 12.1 Å². The first-order valence-corrected chi connectivity index (χ1v) is 9.88. The van der Waals surface area contributed by atoms with Crippen LogP contribution in [0, 0.1) is 11.3 Å². The summed E-state index contributed by atoms with van der Waals surface area (Å²) in [7, 11) is 0. The smallest absolute Gasteiger partial charge is 0.475 e. The summed E-state index contributed by atoms with van der Waals surface area (Å²) in [6.45, 7) is 7.91. The number of carbonyl (C=O) groups excluding carboxylic acids is 1. The van der Waals surface area contributed by atoms with Crippen LogP contribution in [0.15, 0.2) is 12.5 Å². The lowest BCUT2D eigenvalue weighted by molar-refractivity contribution is -0.192. The quantitative estimate of drug-likeness (QED) is 0.787. The van der Waals surface area contributed by atoms with Crippen molar-refractivity contribution in [1.29, 1.82) is 0 Å². The zero-order chi connectivity index (χ0) is 21.4. The third-order valence-electron chi connectivity index (χ3n) is 5.99. The normalized spacial score (nSPS) is 26.9. The molecule has 0 aromatic carbocycles. The second-order valence-corrected chi connectivity index (χ2v) is 8.43. The minimum absolute atomic E-state index is 0.226. The third-order valence-corrected chi connectivity index (χ3v) is 5.99. The van der Waals surface area contributed by atoms with Gasteiger partial charge < -0.3 is 19.9 Å². The van der Waals surface area contributed by atoms with Crippen LogP contribution in [0.25, 0.3) is 0 Å². The van der Waals surface area contributed by atoms with Crippen molar-refractivity contribution in [2.24, 2.45) is 11.3 Å². The maximum absolute atomic E-state index is 13.1. The van der Waals surface area contributed by atoms with Crippen LogP contribution in [0.4, 0.5) is 13.2 Å². The summed E-state index contributed by atoms with van der Waals surface area (Å²) in [4.78, 5) is 28.7. The summed E-state index contributed by atoms with van der Waals surface area (Å²) < 4.78 is 33.9. The monoisotopic (exact) mass is 416 g/mol. The molecule has 10 heteroatoms. The van der Waals surface area contributed by atoms with Crippen LogP contribution in [0.5, 0.6) is 0 Å². The molecule has 2 unspecified atom stereocenters. The molecular formula is C19H27F3N4O3. The highest BCUT2D eigenvalue weighted by Gasteiger charge is 2.55. The minimum atomic E-state index is -5.08. The van der Waals surface area contributed by atoms with E-state index in [-0.39, 0.29) is 11.3 Å². The van der Waals surface area contributed by atoms with Gasteiger partial charge in [-0.05, 0) is 39.0 Å². The van der Waals surface area contributed by atoms with E-state index in [0.29, 0.717) is 11.9 Å². The molecule has 7 nitrogen and oxygen atoms in total. The van der Waals surface area contributed by atoms with Crippen molar-refractivity contribution in [3.8, 4) is 0 Å². The zero-order valence-corrected chi connectivity index (χ0v) is 16.6. The number of nitrogens with one attached hydrogen (secondary N) is 1. The topological polar surface area (TPSA) is 87.5 Å². The summed E-state index contributed by atoms with van der Waals surface area (Å²) in [6.07, 6.45) is 2.55. The molecule has 1 aromatic heterocycles.